The molecule has 0 saturated carbocycles. The summed E-state index contributed by atoms with van der Waals surface area (Å²) in [5, 5.41) is 24.3. The van der Waals surface area contributed by atoms with Crippen molar-refractivity contribution in [1.29, 1.82) is 0 Å². The van der Waals surface area contributed by atoms with Gasteiger partial charge in [-0.25, -0.2) is 0 Å². The summed E-state index contributed by atoms with van der Waals surface area (Å²) in [4.78, 5) is 0. The average molecular weight is 700 g/mol. The van der Waals surface area contributed by atoms with E-state index in [0.29, 0.717) is 5.46 Å². The summed E-state index contributed by atoms with van der Waals surface area (Å²) in [5.74, 6) is 0. The second kappa shape index (κ2) is 14.0. The van der Waals surface area contributed by atoms with Gasteiger partial charge in [0.05, 0.1) is 11.0 Å². The van der Waals surface area contributed by atoms with Crippen LogP contribution >= 0.6 is 11.3 Å². The normalized spacial score (nSPS) is 12.4. The topological polar surface area (TPSA) is 45.4 Å². The van der Waals surface area contributed by atoms with Crippen LogP contribution in [0.15, 0.2) is 121 Å². The van der Waals surface area contributed by atoms with Crippen LogP contribution in [0.25, 0.3) is 69.9 Å². The van der Waals surface area contributed by atoms with Crippen LogP contribution in [0.4, 0.5) is 27.4 Å². The van der Waals surface area contributed by atoms with E-state index in [1.54, 1.807) is 17.4 Å². The molecule has 1 aliphatic carbocycles. The first-order chi connectivity index (χ1) is 24.4. The highest BCUT2D eigenvalue weighted by Crippen LogP contribution is 2.51. The summed E-state index contributed by atoms with van der Waals surface area (Å²) in [7, 11) is -1.49. The van der Waals surface area contributed by atoms with Crippen molar-refractivity contribution < 1.29 is 37.5 Å². The molecule has 0 radical (unpaired) electrons. The van der Waals surface area contributed by atoms with Gasteiger partial charge in [-0.2, -0.15) is 0 Å². The Morgan fingerprint density at radius 2 is 1.12 bits per heavy atom. The van der Waals surface area contributed by atoms with Gasteiger partial charge in [0.15, 0.2) is 0 Å². The zero-order valence-electron chi connectivity index (χ0n) is 26.6. The Balaban J connectivity index is 0.000000686. The summed E-state index contributed by atoms with van der Waals surface area (Å²) >= 11 is 1.73. The van der Waals surface area contributed by atoms with Gasteiger partial charge in [-0.05, 0) is 98.8 Å². The van der Waals surface area contributed by atoms with Gasteiger partial charge in [-0.15, -0.1) is 11.3 Å². The SMILES string of the molecule is CC1(C)c2ccccc2-c2cc3c4cc(-c5ccc6sc7ccc(B(O)O)cc7c6c5)ccc4n(-c4ccccc4)c3cc21.FF.FF.FF. The summed E-state index contributed by atoms with van der Waals surface area (Å²) in [5.41, 5.74) is 11.7. The van der Waals surface area contributed by atoms with E-state index in [-0.39, 0.29) is 5.41 Å². The van der Waals surface area contributed by atoms with Crippen LogP contribution in [0.5, 0.6) is 0 Å². The molecule has 2 N–H and O–H groups in total. The molecule has 9 rings (SSSR count). The van der Waals surface area contributed by atoms with Crippen LogP contribution in [-0.4, -0.2) is 21.7 Å². The van der Waals surface area contributed by atoms with Gasteiger partial charge in [-0.3, -0.25) is 0 Å². The maximum absolute atomic E-state index is 9.80. The smallest absolute Gasteiger partial charge is 0.423 e. The molecular formula is C39H28BF6NO2S. The van der Waals surface area contributed by atoms with Gasteiger partial charge in [0.1, 0.15) is 0 Å². The molecular weight excluding hydrogens is 671 g/mol. The molecule has 2 aromatic heterocycles. The Labute approximate surface area is 287 Å². The number of halogens is 6. The predicted molar refractivity (Wildman–Crippen MR) is 193 cm³/mol. The summed E-state index contributed by atoms with van der Waals surface area (Å²) in [6.45, 7) is 4.68. The second-order valence-corrected chi connectivity index (χ2v) is 13.5. The number of nitrogens with zero attached hydrogens (tertiary/aromatic N) is 1. The quantitative estimate of drug-likeness (QED) is 0.142. The second-order valence-electron chi connectivity index (χ2n) is 12.4. The minimum Gasteiger partial charge on any atom is -0.423 e. The molecule has 0 atom stereocenters. The maximum Gasteiger partial charge on any atom is 0.488 e. The standard InChI is InChI=1S/C39H28BNO2S.3F2/c1-39(2)33-11-7-6-10-27(33)28-21-30-29-18-23(12-15-35(29)41(36(30)22-34(28)39)26-8-4-3-5-9-26)24-13-16-37-31(19-24)32-20-25(40(42)43)14-17-38(32)44-37;3*1-2/h3-22,42-43H,1-2H3;;;. The van der Waals surface area contributed by atoms with E-state index >= 15 is 0 Å². The first kappa shape index (κ1) is 34.8. The summed E-state index contributed by atoms with van der Waals surface area (Å²) < 4.78 is 52.7. The predicted octanol–water partition coefficient (Wildman–Crippen LogP) is 11.3. The van der Waals surface area contributed by atoms with E-state index in [2.05, 4.69) is 122 Å². The van der Waals surface area contributed by atoms with Gasteiger partial charge < -0.3 is 14.6 Å². The lowest BCUT2D eigenvalue weighted by atomic mass is 9.80. The van der Waals surface area contributed by atoms with Crippen LogP contribution in [0.1, 0.15) is 25.0 Å². The third-order valence-corrected chi connectivity index (χ3v) is 10.8. The van der Waals surface area contributed by atoms with Crippen molar-refractivity contribution in [2.75, 3.05) is 0 Å². The number of hydrogen-bond acceptors (Lipinski definition) is 3. The first-order valence-corrected chi connectivity index (χ1v) is 16.2. The molecule has 6 aromatic carbocycles. The van der Waals surface area contributed by atoms with E-state index in [9.17, 15) is 10.0 Å². The van der Waals surface area contributed by atoms with Crippen LogP contribution in [0.3, 0.4) is 0 Å². The third kappa shape index (κ3) is 5.51. The van der Waals surface area contributed by atoms with Gasteiger partial charge in [0, 0.05) is 64.1 Å². The van der Waals surface area contributed by atoms with Crippen molar-refractivity contribution in [2.45, 2.75) is 19.3 Å². The Hall–Kier alpha value is -5.10. The lowest BCUT2D eigenvalue weighted by Crippen LogP contribution is -2.29. The molecule has 3 nitrogen and oxygen atoms in total. The monoisotopic (exact) mass is 699 g/mol. The molecule has 0 fully saturated rings. The molecule has 2 heterocycles. The molecule has 0 unspecified atom stereocenters. The first-order valence-electron chi connectivity index (χ1n) is 15.4. The number of hydrogen-bond donors (Lipinski definition) is 2. The largest absolute Gasteiger partial charge is 0.488 e. The summed E-state index contributed by atoms with van der Waals surface area (Å²) in [6, 6.07) is 43.5. The highest BCUT2D eigenvalue weighted by molar-refractivity contribution is 7.25. The molecule has 8 aromatic rings. The molecule has 252 valence electrons. The molecule has 1 aliphatic rings. The fourth-order valence-electron chi connectivity index (χ4n) is 7.38. The lowest BCUT2D eigenvalue weighted by molar-refractivity contribution is 0.108. The Morgan fingerprint density at radius 1 is 0.540 bits per heavy atom. The van der Waals surface area contributed by atoms with Crippen molar-refractivity contribution >= 4 is 65.9 Å². The van der Waals surface area contributed by atoms with Crippen LogP contribution in [0.2, 0.25) is 0 Å². The fraction of sp³-hybridized carbons (Fsp3) is 0.0769. The van der Waals surface area contributed by atoms with E-state index in [0.717, 1.165) is 32.3 Å². The Kier molecular flexibility index (Phi) is 9.75. The van der Waals surface area contributed by atoms with E-state index in [1.807, 2.05) is 12.1 Å². The van der Waals surface area contributed by atoms with Gasteiger partial charge >= 0.3 is 7.12 Å². The number of aromatic nitrogens is 1. The minimum absolute atomic E-state index is 0.0755. The third-order valence-electron chi connectivity index (χ3n) is 9.61. The molecule has 0 spiro atoms. The van der Waals surface area contributed by atoms with Gasteiger partial charge in [0.25, 0.3) is 0 Å². The fourth-order valence-corrected chi connectivity index (χ4v) is 8.45. The van der Waals surface area contributed by atoms with Gasteiger partial charge in [0.2, 0.25) is 0 Å². The minimum atomic E-state index is -1.49. The zero-order valence-corrected chi connectivity index (χ0v) is 27.5. The molecule has 0 aliphatic heterocycles. The van der Waals surface area contributed by atoms with Crippen molar-refractivity contribution in [1.82, 2.24) is 4.57 Å². The number of para-hydroxylation sites is 1. The number of fused-ring (bicyclic) bond motifs is 9. The molecule has 50 heavy (non-hydrogen) atoms. The van der Waals surface area contributed by atoms with Crippen LogP contribution in [0, 0.1) is 0 Å². The summed E-state index contributed by atoms with van der Waals surface area (Å²) in [6.07, 6.45) is 0. The zero-order chi connectivity index (χ0) is 35.7. The number of rotatable bonds is 3. The average Bonchev–Trinajstić information content (AvgIpc) is 3.78. The van der Waals surface area contributed by atoms with Crippen LogP contribution in [-0.2, 0) is 5.41 Å². The van der Waals surface area contributed by atoms with E-state index in [1.165, 1.54) is 48.8 Å². The van der Waals surface area contributed by atoms with E-state index < -0.39 is 7.12 Å². The molecule has 11 heteroatoms. The lowest BCUT2D eigenvalue weighted by Gasteiger charge is -2.21. The van der Waals surface area contributed by atoms with E-state index in [4.69, 9.17) is 27.4 Å². The van der Waals surface area contributed by atoms with Crippen LogP contribution < -0.4 is 5.46 Å². The molecule has 0 saturated heterocycles. The highest BCUT2D eigenvalue weighted by Gasteiger charge is 2.36. The maximum atomic E-state index is 9.80. The van der Waals surface area contributed by atoms with Crippen molar-refractivity contribution in [3.63, 3.8) is 0 Å². The van der Waals surface area contributed by atoms with Gasteiger partial charge in [-0.1, -0.05) is 80.6 Å². The van der Waals surface area contributed by atoms with Crippen molar-refractivity contribution in [2.24, 2.45) is 0 Å². The molecule has 0 bridgehead atoms. The molecule has 0 amide bonds. The van der Waals surface area contributed by atoms with Crippen molar-refractivity contribution in [3.05, 3.63) is 132 Å². The highest BCUT2D eigenvalue weighted by atomic mass is 32.1. The number of thiophene rings is 1. The van der Waals surface area contributed by atoms with Crippen molar-refractivity contribution in [3.8, 4) is 27.9 Å². The Bertz CT molecular complexity index is 2480. The Morgan fingerprint density at radius 3 is 1.82 bits per heavy atom. The number of benzene rings is 6.